The van der Waals surface area contributed by atoms with Crippen LogP contribution in [0, 0.1) is 0 Å². The number of benzene rings is 1. The maximum atomic E-state index is 11.9. The number of carbonyl (C=O) groups is 2. The Morgan fingerprint density at radius 1 is 1.00 bits per heavy atom. The van der Waals surface area contributed by atoms with Crippen molar-refractivity contribution >= 4 is 39.6 Å². The summed E-state index contributed by atoms with van der Waals surface area (Å²) in [5.74, 6) is 0.302. The Balaban J connectivity index is 1.49. The molecule has 0 aliphatic carbocycles. The largest absolute Gasteiger partial charge is 0.465 e. The first-order chi connectivity index (χ1) is 16.3. The Bertz CT molecular complexity index is 1140. The van der Waals surface area contributed by atoms with E-state index in [1.807, 2.05) is 32.9 Å². The van der Waals surface area contributed by atoms with Gasteiger partial charge in [-0.1, -0.05) is 6.07 Å². The molecule has 0 aliphatic heterocycles. The van der Waals surface area contributed by atoms with Crippen molar-refractivity contribution in [1.82, 2.24) is 15.3 Å². The van der Waals surface area contributed by atoms with Crippen molar-refractivity contribution in [2.45, 2.75) is 39.2 Å². The lowest BCUT2D eigenvalue weighted by Gasteiger charge is -2.19. The number of esters is 1. The van der Waals surface area contributed by atoms with Crippen LogP contribution in [0.15, 0.2) is 36.7 Å². The number of methoxy groups -OCH3 is 1. The molecule has 0 saturated carbocycles. The van der Waals surface area contributed by atoms with E-state index in [0.717, 1.165) is 29.0 Å². The fourth-order valence-corrected chi connectivity index (χ4v) is 3.41. The molecule has 9 heteroatoms. The molecule has 0 unspecified atom stereocenters. The van der Waals surface area contributed by atoms with Gasteiger partial charge in [0.1, 0.15) is 11.4 Å². The third kappa shape index (κ3) is 7.02. The smallest absolute Gasteiger partial charge is 0.407 e. The third-order valence-electron chi connectivity index (χ3n) is 4.94. The van der Waals surface area contributed by atoms with Crippen LogP contribution in [0.3, 0.4) is 0 Å². The van der Waals surface area contributed by atoms with Crippen molar-refractivity contribution in [1.29, 1.82) is 0 Å². The highest BCUT2D eigenvalue weighted by Gasteiger charge is 2.15. The molecule has 0 spiro atoms. The zero-order chi connectivity index (χ0) is 24.6. The van der Waals surface area contributed by atoms with Gasteiger partial charge in [0.05, 0.1) is 24.8 Å². The third-order valence-corrected chi connectivity index (χ3v) is 4.94. The van der Waals surface area contributed by atoms with Crippen molar-refractivity contribution in [3.63, 3.8) is 0 Å². The van der Waals surface area contributed by atoms with Crippen molar-refractivity contribution in [3.8, 4) is 0 Å². The first-order valence-electron chi connectivity index (χ1n) is 11.3. The number of amides is 1. The zero-order valence-electron chi connectivity index (χ0n) is 20.1. The summed E-state index contributed by atoms with van der Waals surface area (Å²) in [6.45, 7) is 7.72. The normalized spacial score (nSPS) is 11.4. The van der Waals surface area contributed by atoms with E-state index in [4.69, 9.17) is 19.2 Å². The van der Waals surface area contributed by atoms with Crippen molar-refractivity contribution in [2.75, 3.05) is 38.7 Å². The van der Waals surface area contributed by atoms with Gasteiger partial charge in [0.15, 0.2) is 0 Å². The van der Waals surface area contributed by atoms with Crippen LogP contribution in [-0.2, 0) is 14.2 Å². The number of aromatic nitrogens is 2. The molecule has 0 bridgehead atoms. The quantitative estimate of drug-likeness (QED) is 0.257. The zero-order valence-corrected chi connectivity index (χ0v) is 20.1. The molecule has 2 aromatic heterocycles. The summed E-state index contributed by atoms with van der Waals surface area (Å²) in [4.78, 5) is 32.5. The van der Waals surface area contributed by atoms with Crippen molar-refractivity contribution < 1.29 is 23.8 Å². The molecule has 9 nitrogen and oxygen atoms in total. The summed E-state index contributed by atoms with van der Waals surface area (Å²) in [6.07, 6.45) is 4.76. The van der Waals surface area contributed by atoms with Gasteiger partial charge in [-0.05, 0) is 51.8 Å². The first-order valence-corrected chi connectivity index (χ1v) is 11.3. The minimum absolute atomic E-state index is 0.401. The van der Waals surface area contributed by atoms with Gasteiger partial charge in [-0.15, -0.1) is 0 Å². The number of hydrogen-bond acceptors (Lipinski definition) is 8. The first kappa shape index (κ1) is 25.2. The van der Waals surface area contributed by atoms with E-state index >= 15 is 0 Å². The van der Waals surface area contributed by atoms with Gasteiger partial charge < -0.3 is 24.8 Å². The molecule has 2 N–H and O–H groups in total. The van der Waals surface area contributed by atoms with E-state index in [-0.39, 0.29) is 0 Å². The second-order valence-corrected chi connectivity index (χ2v) is 8.78. The Hall–Kier alpha value is -3.46. The molecule has 0 atom stereocenters. The second-order valence-electron chi connectivity index (χ2n) is 8.78. The summed E-state index contributed by atoms with van der Waals surface area (Å²) in [5.41, 5.74) is 0.636. The van der Waals surface area contributed by atoms with Crippen molar-refractivity contribution in [2.24, 2.45) is 0 Å². The lowest BCUT2D eigenvalue weighted by molar-refractivity contribution is 0.0523. The fraction of sp³-hybridized carbons (Fsp3) is 0.440. The average Bonchev–Trinajstić information content (AvgIpc) is 2.80. The van der Waals surface area contributed by atoms with Crippen molar-refractivity contribution in [3.05, 3.63) is 42.2 Å². The standard InChI is InChI=1S/C25H32N4O5/c1-25(2,3)34-24(31)28-10-5-6-13-33-14-12-27-22-19-9-11-26-16-20(19)18-8-7-17(23(30)32-4)15-21(18)29-22/h7-9,11,15-16H,5-6,10,12-14H2,1-4H3,(H,27,29)(H,28,31). The molecule has 2 heterocycles. The van der Waals surface area contributed by atoms with Crippen LogP contribution >= 0.6 is 0 Å². The highest BCUT2D eigenvalue weighted by Crippen LogP contribution is 2.29. The Labute approximate surface area is 199 Å². The molecule has 3 aromatic rings. The Kier molecular flexibility index (Phi) is 8.59. The van der Waals surface area contributed by atoms with E-state index in [1.54, 1.807) is 24.5 Å². The highest BCUT2D eigenvalue weighted by molar-refractivity contribution is 6.10. The van der Waals surface area contributed by atoms with Gasteiger partial charge in [0, 0.05) is 48.2 Å². The molecular weight excluding hydrogens is 436 g/mol. The second kappa shape index (κ2) is 11.6. The monoisotopic (exact) mass is 468 g/mol. The lowest BCUT2D eigenvalue weighted by Crippen LogP contribution is -2.33. The van der Waals surface area contributed by atoms with Gasteiger partial charge in [-0.3, -0.25) is 4.98 Å². The molecule has 0 fully saturated rings. The number of rotatable bonds is 10. The van der Waals surface area contributed by atoms with E-state index in [1.165, 1.54) is 7.11 Å². The summed E-state index contributed by atoms with van der Waals surface area (Å²) in [7, 11) is 1.36. The number of nitrogens with one attached hydrogen (secondary N) is 2. The van der Waals surface area contributed by atoms with Crippen LogP contribution in [-0.4, -0.2) is 61.0 Å². The highest BCUT2D eigenvalue weighted by atomic mass is 16.6. The number of alkyl carbamates (subject to hydrolysis) is 1. The number of ether oxygens (including phenoxy) is 3. The Morgan fingerprint density at radius 3 is 2.59 bits per heavy atom. The molecule has 0 radical (unpaired) electrons. The molecule has 0 aliphatic rings. The minimum atomic E-state index is -0.494. The van der Waals surface area contributed by atoms with E-state index < -0.39 is 17.7 Å². The molecular formula is C25H32N4O5. The maximum Gasteiger partial charge on any atom is 0.407 e. The molecule has 3 rings (SSSR count). The predicted octanol–water partition coefficient (Wildman–Crippen LogP) is 4.30. The summed E-state index contributed by atoms with van der Waals surface area (Å²) in [5, 5.41) is 8.87. The van der Waals surface area contributed by atoms with Crippen LogP contribution in [0.5, 0.6) is 0 Å². The summed E-state index contributed by atoms with van der Waals surface area (Å²) < 4.78 is 15.7. The molecule has 0 saturated heterocycles. The topological polar surface area (TPSA) is 112 Å². The number of carbonyl (C=O) groups excluding carboxylic acids is 2. The fourth-order valence-electron chi connectivity index (χ4n) is 3.41. The van der Waals surface area contributed by atoms with Gasteiger partial charge >= 0.3 is 12.1 Å². The summed E-state index contributed by atoms with van der Waals surface area (Å²) >= 11 is 0. The number of pyridine rings is 2. The SMILES string of the molecule is COC(=O)c1ccc2c(c1)nc(NCCOCCCCNC(=O)OC(C)(C)C)c1ccncc12. The molecule has 1 amide bonds. The van der Waals surface area contributed by atoms with Crippen LogP contribution < -0.4 is 10.6 Å². The van der Waals surface area contributed by atoms with Gasteiger partial charge in [0.25, 0.3) is 0 Å². The van der Waals surface area contributed by atoms with Crippen LogP contribution in [0.1, 0.15) is 44.0 Å². The van der Waals surface area contributed by atoms with E-state index in [2.05, 4.69) is 15.6 Å². The minimum Gasteiger partial charge on any atom is -0.465 e. The number of fused-ring (bicyclic) bond motifs is 3. The molecule has 1 aromatic carbocycles. The summed E-state index contributed by atoms with van der Waals surface area (Å²) in [6, 6.07) is 7.23. The number of anilines is 1. The predicted molar refractivity (Wildman–Crippen MR) is 131 cm³/mol. The van der Waals surface area contributed by atoms with Crippen LogP contribution in [0.25, 0.3) is 21.7 Å². The average molecular weight is 469 g/mol. The lowest BCUT2D eigenvalue weighted by atomic mass is 10.1. The number of nitrogens with zero attached hydrogens (tertiary/aromatic N) is 2. The van der Waals surface area contributed by atoms with Crippen LogP contribution in [0.4, 0.5) is 10.6 Å². The van der Waals surface area contributed by atoms with Crippen LogP contribution in [0.2, 0.25) is 0 Å². The van der Waals surface area contributed by atoms with Gasteiger partial charge in [0.2, 0.25) is 0 Å². The van der Waals surface area contributed by atoms with Gasteiger partial charge in [-0.25, -0.2) is 14.6 Å². The number of hydrogen-bond donors (Lipinski definition) is 2. The maximum absolute atomic E-state index is 11.9. The molecule has 34 heavy (non-hydrogen) atoms. The van der Waals surface area contributed by atoms with E-state index in [9.17, 15) is 9.59 Å². The van der Waals surface area contributed by atoms with E-state index in [0.29, 0.717) is 43.2 Å². The Morgan fingerprint density at radius 2 is 1.82 bits per heavy atom. The number of unbranched alkanes of at least 4 members (excludes halogenated alkanes) is 1. The molecule has 182 valence electrons. The van der Waals surface area contributed by atoms with Gasteiger partial charge in [-0.2, -0.15) is 0 Å².